The highest BCUT2D eigenvalue weighted by Gasteiger charge is 2.35. The molecule has 3 rings (SSSR count). The Morgan fingerprint density at radius 3 is 2.69 bits per heavy atom. The zero-order valence-electron chi connectivity index (χ0n) is 16.1. The predicted molar refractivity (Wildman–Crippen MR) is 111 cm³/mol. The maximum atomic E-state index is 13.2. The number of anilines is 1. The number of carbonyl (C=O) groups is 2. The second-order valence-corrected chi connectivity index (χ2v) is 8.45. The van der Waals surface area contributed by atoms with Crippen molar-refractivity contribution in [2.75, 3.05) is 11.4 Å². The first-order valence-corrected chi connectivity index (χ1v) is 11.1. The van der Waals surface area contributed by atoms with Gasteiger partial charge in [-0.05, 0) is 36.4 Å². The molecule has 1 N–H and O–H groups in total. The quantitative estimate of drug-likeness (QED) is 0.630. The molecule has 0 saturated heterocycles. The van der Waals surface area contributed by atoms with E-state index >= 15 is 0 Å². The Kier molecular flexibility index (Phi) is 7.13. The summed E-state index contributed by atoms with van der Waals surface area (Å²) in [5.74, 6) is -2.92. The largest absolute Gasteiger partial charge is 0.477 e. The van der Waals surface area contributed by atoms with Gasteiger partial charge in [-0.1, -0.05) is 37.7 Å². The van der Waals surface area contributed by atoms with Crippen LogP contribution in [-0.2, 0) is 4.79 Å². The fraction of sp³-hybridized carbons (Fsp3) is 0.400. The van der Waals surface area contributed by atoms with Gasteiger partial charge in [-0.25, -0.2) is 0 Å². The minimum absolute atomic E-state index is 0.0124. The molecule has 5 nitrogen and oxygen atoms in total. The van der Waals surface area contributed by atoms with Crippen molar-refractivity contribution in [2.24, 2.45) is 0 Å². The molecule has 0 bridgehead atoms. The molecule has 1 aromatic heterocycles. The average molecular weight is 441 g/mol. The van der Waals surface area contributed by atoms with Gasteiger partial charge in [0, 0.05) is 10.9 Å². The van der Waals surface area contributed by atoms with Crippen LogP contribution in [0, 0.1) is 0 Å². The first-order valence-electron chi connectivity index (χ1n) is 9.34. The van der Waals surface area contributed by atoms with E-state index in [0.29, 0.717) is 23.2 Å². The lowest BCUT2D eigenvalue weighted by Gasteiger charge is -2.34. The minimum atomic E-state index is -2.62. The second kappa shape index (κ2) is 9.58. The summed E-state index contributed by atoms with van der Waals surface area (Å²) in [5.41, 5.74) is 0.519. The number of ether oxygens (including phenoxy) is 1. The summed E-state index contributed by atoms with van der Waals surface area (Å²) in [5, 5.41) is 4.56. The van der Waals surface area contributed by atoms with E-state index in [1.807, 2.05) is 13.8 Å². The molecule has 0 spiro atoms. The number of rotatable bonds is 7. The van der Waals surface area contributed by atoms with Gasteiger partial charge in [-0.15, -0.1) is 11.3 Å². The van der Waals surface area contributed by atoms with Gasteiger partial charge in [0.25, 0.3) is 17.6 Å². The van der Waals surface area contributed by atoms with Crippen LogP contribution in [-0.4, -0.2) is 36.3 Å². The number of fused-ring (bicyclic) bond motifs is 1. The van der Waals surface area contributed by atoms with Crippen molar-refractivity contribution in [3.63, 3.8) is 0 Å². The monoisotopic (exact) mass is 440 g/mol. The normalized spacial score (nSPS) is 15.9. The maximum Gasteiger partial charge on any atom is 0.288 e. The third-order valence-corrected chi connectivity index (χ3v) is 6.49. The molecule has 2 heterocycles. The van der Waals surface area contributed by atoms with Crippen LogP contribution in [0.4, 0.5) is 14.5 Å². The number of nitrogens with one attached hydrogen (secondary N) is 1. The number of para-hydroxylation sites is 2. The number of amides is 2. The summed E-state index contributed by atoms with van der Waals surface area (Å²) in [6.45, 7) is 3.99. The fourth-order valence-corrected chi connectivity index (χ4v) is 4.76. The van der Waals surface area contributed by atoms with Crippen molar-refractivity contribution < 1.29 is 23.1 Å². The minimum Gasteiger partial charge on any atom is -0.477 e. The smallest absolute Gasteiger partial charge is 0.288 e. The van der Waals surface area contributed by atoms with Crippen LogP contribution in [0.15, 0.2) is 40.6 Å². The lowest BCUT2D eigenvalue weighted by Crippen LogP contribution is -2.52. The third-order valence-electron chi connectivity index (χ3n) is 4.68. The van der Waals surface area contributed by atoms with Crippen LogP contribution in [0.1, 0.15) is 36.4 Å². The number of carbonyl (C=O) groups excluding carboxylic acids is 2. The standard InChI is InChI=1S/C20H22F2N2O3S2/c1-3-12(4-2)23-18(25)15-11-24(13-7-5-6-8-14(13)27-15)19(26)17-16(9-10-28-17)29-20(21)22/h5-10,12,15,20H,3-4,11H2,1-2H3,(H,23,25). The van der Waals surface area contributed by atoms with Crippen LogP contribution in [0.25, 0.3) is 0 Å². The zero-order valence-corrected chi connectivity index (χ0v) is 17.7. The molecule has 0 saturated carbocycles. The maximum absolute atomic E-state index is 13.2. The Morgan fingerprint density at radius 1 is 1.28 bits per heavy atom. The van der Waals surface area contributed by atoms with Crippen LogP contribution >= 0.6 is 23.1 Å². The van der Waals surface area contributed by atoms with Crippen molar-refractivity contribution in [1.82, 2.24) is 5.32 Å². The summed E-state index contributed by atoms with van der Waals surface area (Å²) in [6, 6.07) is 8.46. The number of benzene rings is 1. The van der Waals surface area contributed by atoms with Gasteiger partial charge in [0.15, 0.2) is 6.10 Å². The lowest BCUT2D eigenvalue weighted by atomic mass is 10.1. The van der Waals surface area contributed by atoms with E-state index in [2.05, 4.69) is 5.32 Å². The number of hydrogen-bond donors (Lipinski definition) is 1. The fourth-order valence-electron chi connectivity index (χ4n) is 3.11. The number of hydrogen-bond acceptors (Lipinski definition) is 5. The molecule has 0 fully saturated rings. The number of thiophene rings is 1. The van der Waals surface area contributed by atoms with Crippen molar-refractivity contribution in [3.05, 3.63) is 40.6 Å². The molecule has 0 aliphatic carbocycles. The Hall–Kier alpha value is -2.13. The van der Waals surface area contributed by atoms with Gasteiger partial charge < -0.3 is 10.1 Å². The van der Waals surface area contributed by atoms with E-state index in [1.54, 1.807) is 29.6 Å². The van der Waals surface area contributed by atoms with E-state index in [-0.39, 0.29) is 28.3 Å². The van der Waals surface area contributed by atoms with E-state index < -0.39 is 17.8 Å². The van der Waals surface area contributed by atoms with Crippen molar-refractivity contribution in [1.29, 1.82) is 0 Å². The highest BCUT2D eigenvalue weighted by molar-refractivity contribution is 7.99. The van der Waals surface area contributed by atoms with E-state index in [1.165, 1.54) is 11.0 Å². The van der Waals surface area contributed by atoms with Gasteiger partial charge in [0.2, 0.25) is 0 Å². The van der Waals surface area contributed by atoms with Crippen LogP contribution < -0.4 is 15.0 Å². The molecule has 1 aliphatic rings. The molecule has 1 aliphatic heterocycles. The molecular weight excluding hydrogens is 418 g/mol. The number of nitrogens with zero attached hydrogens (tertiary/aromatic N) is 1. The molecule has 29 heavy (non-hydrogen) atoms. The molecule has 1 aromatic carbocycles. The second-order valence-electron chi connectivity index (χ2n) is 6.50. The van der Waals surface area contributed by atoms with Gasteiger partial charge in [-0.3, -0.25) is 14.5 Å². The van der Waals surface area contributed by atoms with Gasteiger partial charge >= 0.3 is 0 Å². The highest BCUT2D eigenvalue weighted by Crippen LogP contribution is 2.38. The topological polar surface area (TPSA) is 58.6 Å². The van der Waals surface area contributed by atoms with Crippen LogP contribution in [0.3, 0.4) is 0 Å². The molecule has 1 atom stereocenters. The molecule has 9 heteroatoms. The van der Waals surface area contributed by atoms with E-state index in [4.69, 9.17) is 4.74 Å². The Labute approximate surface area is 176 Å². The molecular formula is C20H22F2N2O3S2. The lowest BCUT2D eigenvalue weighted by molar-refractivity contribution is -0.128. The molecule has 156 valence electrons. The molecule has 0 radical (unpaired) electrons. The summed E-state index contributed by atoms with van der Waals surface area (Å²) < 4.78 is 31.5. The Morgan fingerprint density at radius 2 is 2.00 bits per heavy atom. The first-order chi connectivity index (χ1) is 13.9. The van der Waals surface area contributed by atoms with Crippen molar-refractivity contribution >= 4 is 40.6 Å². The number of halogens is 2. The summed E-state index contributed by atoms with van der Waals surface area (Å²) in [7, 11) is 0. The SMILES string of the molecule is CCC(CC)NC(=O)C1CN(C(=O)c2sccc2SC(F)F)c2ccccc2O1. The van der Waals surface area contributed by atoms with Gasteiger partial charge in [0.1, 0.15) is 10.6 Å². The van der Waals surface area contributed by atoms with Gasteiger partial charge in [-0.2, -0.15) is 8.78 Å². The average Bonchev–Trinajstić information content (AvgIpc) is 3.17. The molecule has 1 unspecified atom stereocenters. The highest BCUT2D eigenvalue weighted by atomic mass is 32.2. The van der Waals surface area contributed by atoms with Crippen molar-refractivity contribution in [2.45, 2.75) is 49.5 Å². The third kappa shape index (κ3) is 4.90. The molecule has 2 aromatic rings. The van der Waals surface area contributed by atoms with Crippen LogP contribution in [0.5, 0.6) is 5.75 Å². The summed E-state index contributed by atoms with van der Waals surface area (Å²) in [6.07, 6.45) is 0.704. The summed E-state index contributed by atoms with van der Waals surface area (Å²) >= 11 is 1.45. The first kappa shape index (κ1) is 21.6. The number of thioether (sulfide) groups is 1. The van der Waals surface area contributed by atoms with E-state index in [0.717, 1.165) is 24.2 Å². The predicted octanol–water partition coefficient (Wildman–Crippen LogP) is 4.78. The van der Waals surface area contributed by atoms with Crippen LogP contribution in [0.2, 0.25) is 0 Å². The van der Waals surface area contributed by atoms with Gasteiger partial charge in [0.05, 0.1) is 12.2 Å². The Balaban J connectivity index is 1.88. The zero-order chi connectivity index (χ0) is 21.0. The van der Waals surface area contributed by atoms with Crippen molar-refractivity contribution in [3.8, 4) is 5.75 Å². The van der Waals surface area contributed by atoms with E-state index in [9.17, 15) is 18.4 Å². The summed E-state index contributed by atoms with van der Waals surface area (Å²) in [4.78, 5) is 27.9. The number of alkyl halides is 2. The molecule has 2 amide bonds. The Bertz CT molecular complexity index is 871.